The third-order valence-corrected chi connectivity index (χ3v) is 9.36. The number of nitrogens with zero attached hydrogens (tertiary/aromatic N) is 4. The van der Waals surface area contributed by atoms with Crippen molar-refractivity contribution in [2.24, 2.45) is 0 Å². The van der Waals surface area contributed by atoms with Gasteiger partial charge in [-0.3, -0.25) is 9.89 Å². The number of aromatic nitrogens is 3. The summed E-state index contributed by atoms with van der Waals surface area (Å²) in [5, 5.41) is 9.14. The zero-order valence-corrected chi connectivity index (χ0v) is 18.6. The predicted octanol–water partition coefficient (Wildman–Crippen LogP) is 2.94. The van der Waals surface area contributed by atoms with Crippen LogP contribution in [0.2, 0.25) is 0 Å². The number of piperidine rings is 2. The standard InChI is InChI=1S/C20H27N5O3S2/c26-20(17-16(8-13-29-17)30(27,28)25-9-2-1-3-10-25)24-11-6-15(7-12-24)19-21-18(22-23-19)14-4-5-14/h8,13-15H,1-7,9-12H2,(H,21,22,23). The van der Waals surface area contributed by atoms with Crippen LogP contribution < -0.4 is 0 Å². The Bertz CT molecular complexity index is 1010. The Hall–Kier alpha value is -1.78. The van der Waals surface area contributed by atoms with Crippen molar-refractivity contribution in [2.45, 2.75) is 61.7 Å². The van der Waals surface area contributed by atoms with Gasteiger partial charge in [0.05, 0.1) is 0 Å². The quantitative estimate of drug-likeness (QED) is 0.757. The lowest BCUT2D eigenvalue weighted by molar-refractivity contribution is 0.0712. The van der Waals surface area contributed by atoms with Crippen LogP contribution in [0.4, 0.5) is 0 Å². The molecule has 1 N–H and O–H groups in total. The van der Waals surface area contributed by atoms with Crippen molar-refractivity contribution < 1.29 is 13.2 Å². The molecule has 30 heavy (non-hydrogen) atoms. The van der Waals surface area contributed by atoms with E-state index in [1.165, 1.54) is 28.5 Å². The molecule has 162 valence electrons. The van der Waals surface area contributed by atoms with Crippen molar-refractivity contribution >= 4 is 27.3 Å². The summed E-state index contributed by atoms with van der Waals surface area (Å²) < 4.78 is 27.7. The first kappa shape index (κ1) is 20.1. The van der Waals surface area contributed by atoms with Crippen molar-refractivity contribution in [3.05, 3.63) is 28.0 Å². The molecule has 0 aromatic carbocycles. The second kappa shape index (κ2) is 8.05. The summed E-state index contributed by atoms with van der Waals surface area (Å²) in [7, 11) is -3.61. The maximum absolute atomic E-state index is 13.2. The fourth-order valence-corrected chi connectivity index (χ4v) is 7.27. The SMILES string of the molecule is O=C(c1sccc1S(=O)(=O)N1CCCCC1)N1CCC(c2nc(C3CC3)n[nH]2)CC1. The van der Waals surface area contributed by atoms with Gasteiger partial charge < -0.3 is 4.90 Å². The highest BCUT2D eigenvalue weighted by Crippen LogP contribution is 2.39. The molecule has 10 heteroatoms. The molecule has 0 unspecified atom stereocenters. The highest BCUT2D eigenvalue weighted by Gasteiger charge is 2.34. The number of amides is 1. The van der Waals surface area contributed by atoms with Gasteiger partial charge in [0.2, 0.25) is 10.0 Å². The Kier molecular flexibility index (Phi) is 5.40. The first-order valence-corrected chi connectivity index (χ1v) is 13.1. The van der Waals surface area contributed by atoms with E-state index < -0.39 is 10.0 Å². The van der Waals surface area contributed by atoms with Gasteiger partial charge in [-0.2, -0.15) is 9.40 Å². The van der Waals surface area contributed by atoms with E-state index in [2.05, 4.69) is 15.2 Å². The van der Waals surface area contributed by atoms with Gasteiger partial charge in [0.1, 0.15) is 15.6 Å². The molecule has 0 bridgehead atoms. The summed E-state index contributed by atoms with van der Waals surface area (Å²) in [6.07, 6.45) is 6.79. The van der Waals surface area contributed by atoms with Crippen LogP contribution in [-0.2, 0) is 10.0 Å². The molecule has 1 saturated carbocycles. The van der Waals surface area contributed by atoms with Crippen LogP contribution in [0.15, 0.2) is 16.3 Å². The average molecular weight is 450 g/mol. The number of aromatic amines is 1. The monoisotopic (exact) mass is 449 g/mol. The molecule has 1 aliphatic carbocycles. The number of carbonyl (C=O) groups is 1. The van der Waals surface area contributed by atoms with Gasteiger partial charge in [0.25, 0.3) is 5.91 Å². The number of carbonyl (C=O) groups excluding carboxylic acids is 1. The minimum Gasteiger partial charge on any atom is -0.338 e. The average Bonchev–Trinajstić information content (AvgIpc) is 3.29. The molecule has 2 aliphatic heterocycles. The zero-order chi connectivity index (χ0) is 20.7. The van der Waals surface area contributed by atoms with Gasteiger partial charge in [-0.1, -0.05) is 6.42 Å². The van der Waals surface area contributed by atoms with Crippen LogP contribution in [0, 0.1) is 0 Å². The van der Waals surface area contributed by atoms with Crippen LogP contribution in [0.3, 0.4) is 0 Å². The van der Waals surface area contributed by atoms with Crippen molar-refractivity contribution in [3.63, 3.8) is 0 Å². The molecular weight excluding hydrogens is 422 g/mol. The predicted molar refractivity (Wildman–Crippen MR) is 113 cm³/mol. The Morgan fingerprint density at radius 1 is 1.03 bits per heavy atom. The van der Waals surface area contributed by atoms with E-state index in [4.69, 9.17) is 0 Å². The lowest BCUT2D eigenvalue weighted by atomic mass is 9.96. The molecule has 2 aromatic heterocycles. The first-order chi connectivity index (χ1) is 14.5. The molecule has 0 atom stereocenters. The molecule has 1 amide bonds. The zero-order valence-electron chi connectivity index (χ0n) is 16.9. The summed E-state index contributed by atoms with van der Waals surface area (Å²) in [5.41, 5.74) is 0. The van der Waals surface area contributed by atoms with Gasteiger partial charge in [0.15, 0.2) is 5.82 Å². The van der Waals surface area contributed by atoms with E-state index in [1.807, 2.05) is 0 Å². The summed E-state index contributed by atoms with van der Waals surface area (Å²) in [6, 6.07) is 1.59. The number of hydrogen-bond acceptors (Lipinski definition) is 6. The van der Waals surface area contributed by atoms with E-state index in [9.17, 15) is 13.2 Å². The van der Waals surface area contributed by atoms with Gasteiger partial charge in [-0.15, -0.1) is 11.3 Å². The van der Waals surface area contributed by atoms with Crippen molar-refractivity contribution in [3.8, 4) is 0 Å². The topological polar surface area (TPSA) is 99.3 Å². The van der Waals surface area contributed by atoms with Crippen molar-refractivity contribution in [1.29, 1.82) is 0 Å². The summed E-state index contributed by atoms with van der Waals surface area (Å²) in [4.78, 5) is 20.1. The van der Waals surface area contributed by atoms with Gasteiger partial charge in [0, 0.05) is 38.0 Å². The van der Waals surface area contributed by atoms with Gasteiger partial charge in [-0.25, -0.2) is 13.4 Å². The molecular formula is C20H27N5O3S2. The Balaban J connectivity index is 1.26. The molecule has 0 radical (unpaired) electrons. The minimum absolute atomic E-state index is 0.171. The first-order valence-electron chi connectivity index (χ1n) is 10.8. The van der Waals surface area contributed by atoms with Crippen LogP contribution in [0.25, 0.3) is 0 Å². The molecule has 2 saturated heterocycles. The summed E-state index contributed by atoms with van der Waals surface area (Å²) in [6.45, 7) is 2.28. The minimum atomic E-state index is -3.61. The Morgan fingerprint density at radius 3 is 2.47 bits per heavy atom. The molecule has 3 aliphatic rings. The molecule has 4 heterocycles. The number of hydrogen-bond donors (Lipinski definition) is 1. The van der Waals surface area contributed by atoms with Crippen LogP contribution >= 0.6 is 11.3 Å². The third kappa shape index (κ3) is 3.80. The number of rotatable bonds is 5. The number of H-pyrrole nitrogens is 1. The maximum Gasteiger partial charge on any atom is 0.265 e. The molecule has 3 fully saturated rings. The number of nitrogens with one attached hydrogen (secondary N) is 1. The van der Waals surface area contributed by atoms with Crippen molar-refractivity contribution in [2.75, 3.05) is 26.2 Å². The van der Waals surface area contributed by atoms with Crippen LogP contribution in [-0.4, -0.2) is 64.9 Å². The lowest BCUT2D eigenvalue weighted by Gasteiger charge is -2.31. The van der Waals surface area contributed by atoms with E-state index in [1.54, 1.807) is 16.3 Å². The summed E-state index contributed by atoms with van der Waals surface area (Å²) >= 11 is 1.23. The van der Waals surface area contributed by atoms with Gasteiger partial charge >= 0.3 is 0 Å². The second-order valence-corrected chi connectivity index (χ2v) is 11.3. The second-order valence-electron chi connectivity index (χ2n) is 8.50. The van der Waals surface area contributed by atoms with Crippen LogP contribution in [0.1, 0.15) is 78.1 Å². The Labute approximate surface area is 180 Å². The highest BCUT2D eigenvalue weighted by molar-refractivity contribution is 7.89. The lowest BCUT2D eigenvalue weighted by Crippen LogP contribution is -2.39. The Morgan fingerprint density at radius 2 is 1.77 bits per heavy atom. The maximum atomic E-state index is 13.2. The van der Waals surface area contributed by atoms with Crippen molar-refractivity contribution in [1.82, 2.24) is 24.4 Å². The normalized spacial score (nSPS) is 21.8. The molecule has 0 spiro atoms. The fourth-order valence-electron chi connectivity index (χ4n) is 4.40. The summed E-state index contributed by atoms with van der Waals surface area (Å²) in [5.74, 6) is 2.48. The number of likely N-dealkylation sites (tertiary alicyclic amines) is 1. The van der Waals surface area contributed by atoms with Crippen LogP contribution in [0.5, 0.6) is 0 Å². The molecule has 5 rings (SSSR count). The molecule has 2 aromatic rings. The fraction of sp³-hybridized carbons (Fsp3) is 0.650. The van der Waals surface area contributed by atoms with E-state index in [-0.39, 0.29) is 16.7 Å². The number of thiophene rings is 1. The highest BCUT2D eigenvalue weighted by atomic mass is 32.2. The third-order valence-electron chi connectivity index (χ3n) is 6.39. The molecule has 8 nitrogen and oxygen atoms in total. The smallest absolute Gasteiger partial charge is 0.265 e. The number of sulfonamides is 1. The van der Waals surface area contributed by atoms with Gasteiger partial charge in [-0.05, 0) is 50.0 Å². The van der Waals surface area contributed by atoms with E-state index in [0.717, 1.165) is 43.8 Å². The van der Waals surface area contributed by atoms with E-state index >= 15 is 0 Å². The van der Waals surface area contributed by atoms with E-state index in [0.29, 0.717) is 37.0 Å². The largest absolute Gasteiger partial charge is 0.338 e.